The van der Waals surface area contributed by atoms with E-state index in [1.807, 2.05) is 14.1 Å². The smallest absolute Gasteiger partial charge is 0.141 e. The molecule has 0 radical (unpaired) electrons. The Kier molecular flexibility index (Phi) is 4.04. The van der Waals surface area contributed by atoms with Crippen molar-refractivity contribution in [1.29, 1.82) is 0 Å². The second kappa shape index (κ2) is 5.38. The summed E-state index contributed by atoms with van der Waals surface area (Å²) in [6.07, 6.45) is 1.73. The number of nitrogens with zero attached hydrogens (tertiary/aromatic N) is 2. The van der Waals surface area contributed by atoms with E-state index < -0.39 is 5.82 Å². The molecule has 0 aliphatic carbocycles. The van der Waals surface area contributed by atoms with Gasteiger partial charge in [0.15, 0.2) is 0 Å². The van der Waals surface area contributed by atoms with Gasteiger partial charge in [-0.25, -0.2) is 4.39 Å². The van der Waals surface area contributed by atoms with E-state index in [4.69, 9.17) is 11.6 Å². The van der Waals surface area contributed by atoms with Crippen LogP contribution in [0.25, 0.3) is 0 Å². The zero-order chi connectivity index (χ0) is 13.3. The minimum atomic E-state index is -0.417. The molecule has 96 valence electrons. The summed E-state index contributed by atoms with van der Waals surface area (Å²) in [5.41, 5.74) is 1.84. The molecule has 0 fully saturated rings. The summed E-state index contributed by atoms with van der Waals surface area (Å²) < 4.78 is 15.8. The maximum atomic E-state index is 13.2. The van der Waals surface area contributed by atoms with Crippen LogP contribution in [0.1, 0.15) is 17.3 Å². The molecule has 0 bridgehead atoms. The van der Waals surface area contributed by atoms with Crippen LogP contribution in [0.4, 0.5) is 4.39 Å². The minimum Gasteiger partial charge on any atom is -0.308 e. The predicted octanol–water partition coefficient (Wildman–Crippen LogP) is 3.28. The van der Waals surface area contributed by atoms with Crippen LogP contribution in [0.2, 0.25) is 5.02 Å². The zero-order valence-electron chi connectivity index (χ0n) is 9.92. The van der Waals surface area contributed by atoms with E-state index in [-0.39, 0.29) is 11.1 Å². The first-order valence-electron chi connectivity index (χ1n) is 5.34. The summed E-state index contributed by atoms with van der Waals surface area (Å²) in [6.45, 7) is 0. The lowest BCUT2D eigenvalue weighted by atomic mass is 10.0. The Bertz CT molecular complexity index is 551. The predicted molar refractivity (Wildman–Crippen MR) is 73.2 cm³/mol. The molecule has 1 aromatic carbocycles. The molecular weight excluding hydrogens is 321 g/mol. The lowest BCUT2D eigenvalue weighted by molar-refractivity contribution is 0.598. The van der Waals surface area contributed by atoms with Gasteiger partial charge in [0.05, 0.1) is 27.4 Å². The lowest BCUT2D eigenvalue weighted by Crippen LogP contribution is -2.21. The molecule has 6 heteroatoms. The van der Waals surface area contributed by atoms with Crippen molar-refractivity contribution in [1.82, 2.24) is 15.1 Å². The number of aryl methyl sites for hydroxylation is 1. The number of hydrogen-bond acceptors (Lipinski definition) is 2. The van der Waals surface area contributed by atoms with Crippen LogP contribution >= 0.6 is 27.5 Å². The molecule has 18 heavy (non-hydrogen) atoms. The van der Waals surface area contributed by atoms with Crippen molar-refractivity contribution >= 4 is 27.5 Å². The monoisotopic (exact) mass is 331 g/mol. The minimum absolute atomic E-state index is 0.107. The van der Waals surface area contributed by atoms with Crippen LogP contribution < -0.4 is 5.32 Å². The number of benzene rings is 1. The molecule has 1 unspecified atom stereocenters. The van der Waals surface area contributed by atoms with Gasteiger partial charge in [-0.3, -0.25) is 4.68 Å². The van der Waals surface area contributed by atoms with Gasteiger partial charge >= 0.3 is 0 Å². The zero-order valence-corrected chi connectivity index (χ0v) is 12.3. The van der Waals surface area contributed by atoms with E-state index in [1.54, 1.807) is 23.0 Å². The van der Waals surface area contributed by atoms with Crippen molar-refractivity contribution in [2.45, 2.75) is 6.04 Å². The van der Waals surface area contributed by atoms with Crippen LogP contribution in [-0.2, 0) is 7.05 Å². The molecule has 2 aromatic rings. The van der Waals surface area contributed by atoms with Crippen molar-refractivity contribution in [3.63, 3.8) is 0 Å². The second-order valence-corrected chi connectivity index (χ2v) is 5.16. The molecule has 3 nitrogen and oxygen atoms in total. The summed E-state index contributed by atoms with van der Waals surface area (Å²) in [4.78, 5) is 0. The number of rotatable bonds is 3. The molecule has 1 N–H and O–H groups in total. The highest BCUT2D eigenvalue weighted by Gasteiger charge is 2.19. The van der Waals surface area contributed by atoms with Crippen LogP contribution in [-0.4, -0.2) is 16.8 Å². The Balaban J connectivity index is 2.48. The Labute approximate surface area is 118 Å². The molecule has 0 aliphatic heterocycles. The number of aromatic nitrogens is 2. The SMILES string of the molecule is CNC(c1ccc(F)c(Cl)c1)c1c(Br)cnn1C. The highest BCUT2D eigenvalue weighted by atomic mass is 79.9. The standard InChI is InChI=1S/C12H12BrClFN3/c1-16-11(12-8(13)6-17-18(12)2)7-3-4-10(15)9(14)5-7/h3-6,11,16H,1-2H3. The highest BCUT2D eigenvalue weighted by Crippen LogP contribution is 2.29. The molecular formula is C12H12BrClFN3. The van der Waals surface area contributed by atoms with Crippen LogP contribution in [0.15, 0.2) is 28.9 Å². The molecule has 1 atom stereocenters. The topological polar surface area (TPSA) is 29.9 Å². The normalized spacial score (nSPS) is 12.7. The van der Waals surface area contributed by atoms with Crippen LogP contribution in [0, 0.1) is 5.82 Å². The van der Waals surface area contributed by atoms with Crippen LogP contribution in [0.5, 0.6) is 0 Å². The molecule has 1 heterocycles. The first-order valence-corrected chi connectivity index (χ1v) is 6.51. The Morgan fingerprint density at radius 2 is 2.22 bits per heavy atom. The summed E-state index contributed by atoms with van der Waals surface area (Å²) in [5.74, 6) is -0.417. The third-order valence-electron chi connectivity index (χ3n) is 2.78. The molecule has 1 aromatic heterocycles. The maximum absolute atomic E-state index is 13.2. The van der Waals surface area contributed by atoms with Crippen molar-refractivity contribution in [3.8, 4) is 0 Å². The van der Waals surface area contributed by atoms with Gasteiger partial charge in [-0.2, -0.15) is 5.10 Å². The average Bonchev–Trinajstić information content (AvgIpc) is 2.66. The molecule has 0 spiro atoms. The third-order valence-corrected chi connectivity index (χ3v) is 3.68. The van der Waals surface area contributed by atoms with Gasteiger partial charge in [0, 0.05) is 7.05 Å². The fourth-order valence-corrected chi connectivity index (χ4v) is 2.66. The fourth-order valence-electron chi connectivity index (χ4n) is 1.90. The van der Waals surface area contributed by atoms with Crippen molar-refractivity contribution < 1.29 is 4.39 Å². The Morgan fingerprint density at radius 1 is 1.50 bits per heavy atom. The number of hydrogen-bond donors (Lipinski definition) is 1. The van der Waals surface area contributed by atoms with E-state index in [0.717, 1.165) is 15.7 Å². The van der Waals surface area contributed by atoms with Crippen molar-refractivity contribution in [2.75, 3.05) is 7.05 Å². The molecule has 0 saturated carbocycles. The van der Waals surface area contributed by atoms with Gasteiger partial charge in [0.25, 0.3) is 0 Å². The highest BCUT2D eigenvalue weighted by molar-refractivity contribution is 9.10. The molecule has 0 aliphatic rings. The molecule has 0 amide bonds. The lowest BCUT2D eigenvalue weighted by Gasteiger charge is -2.18. The van der Waals surface area contributed by atoms with Gasteiger partial charge in [0.1, 0.15) is 5.82 Å². The Hall–Kier alpha value is -0.910. The fraction of sp³-hybridized carbons (Fsp3) is 0.250. The summed E-state index contributed by atoms with van der Waals surface area (Å²) in [7, 11) is 3.69. The van der Waals surface area contributed by atoms with Gasteiger partial charge < -0.3 is 5.32 Å². The largest absolute Gasteiger partial charge is 0.308 e. The van der Waals surface area contributed by atoms with Crippen LogP contribution in [0.3, 0.4) is 0 Å². The van der Waals surface area contributed by atoms with Gasteiger partial charge in [-0.15, -0.1) is 0 Å². The van der Waals surface area contributed by atoms with Gasteiger partial charge in [0.2, 0.25) is 0 Å². The quantitative estimate of drug-likeness (QED) is 0.935. The Morgan fingerprint density at radius 3 is 2.72 bits per heavy atom. The number of halogens is 3. The van der Waals surface area contributed by atoms with E-state index in [2.05, 4.69) is 26.3 Å². The summed E-state index contributed by atoms with van der Waals surface area (Å²) >= 11 is 9.28. The van der Waals surface area contributed by atoms with Crippen molar-refractivity contribution in [3.05, 3.63) is 51.0 Å². The third kappa shape index (κ3) is 2.43. The molecule has 0 saturated heterocycles. The average molecular weight is 333 g/mol. The maximum Gasteiger partial charge on any atom is 0.141 e. The van der Waals surface area contributed by atoms with E-state index in [1.165, 1.54) is 6.07 Å². The molecule has 2 rings (SSSR count). The van der Waals surface area contributed by atoms with E-state index in [0.29, 0.717) is 0 Å². The van der Waals surface area contributed by atoms with Gasteiger partial charge in [-0.1, -0.05) is 17.7 Å². The number of nitrogens with one attached hydrogen (secondary N) is 1. The summed E-state index contributed by atoms with van der Waals surface area (Å²) in [5, 5.41) is 7.47. The van der Waals surface area contributed by atoms with E-state index >= 15 is 0 Å². The second-order valence-electron chi connectivity index (χ2n) is 3.90. The first-order chi connectivity index (χ1) is 8.54. The van der Waals surface area contributed by atoms with E-state index in [9.17, 15) is 4.39 Å². The van der Waals surface area contributed by atoms with Gasteiger partial charge in [-0.05, 0) is 40.7 Å². The van der Waals surface area contributed by atoms with Crippen molar-refractivity contribution in [2.24, 2.45) is 7.05 Å². The first kappa shape index (κ1) is 13.5. The summed E-state index contributed by atoms with van der Waals surface area (Å²) in [6, 6.07) is 4.59.